The van der Waals surface area contributed by atoms with Crippen LogP contribution in [0, 0.1) is 0 Å². The Balaban J connectivity index is 2.49. The fraction of sp³-hybridized carbons (Fsp3) is 0.667. The van der Waals surface area contributed by atoms with Crippen LogP contribution in [0.4, 0.5) is 0 Å². The van der Waals surface area contributed by atoms with Crippen LogP contribution >= 0.6 is 11.8 Å². The van der Waals surface area contributed by atoms with Crippen molar-refractivity contribution < 1.29 is 10.0 Å². The summed E-state index contributed by atoms with van der Waals surface area (Å²) in [4.78, 5) is 10.3. The lowest BCUT2D eigenvalue weighted by Gasteiger charge is -2.20. The summed E-state index contributed by atoms with van der Waals surface area (Å²) in [7, 11) is 0. The average molecular weight is 174 g/mol. The minimum absolute atomic E-state index is 0.0729. The molecule has 0 aromatic heterocycles. The van der Waals surface area contributed by atoms with Gasteiger partial charge in [0, 0.05) is 18.1 Å². The molecule has 1 unspecified atom stereocenters. The van der Waals surface area contributed by atoms with Crippen LogP contribution in [0.15, 0.2) is 5.16 Å². The van der Waals surface area contributed by atoms with Gasteiger partial charge in [0.05, 0.1) is 6.04 Å². The van der Waals surface area contributed by atoms with Crippen molar-refractivity contribution in [2.45, 2.75) is 6.04 Å². The number of rotatable bonds is 2. The standard InChI is InChI=1S/C6H10N2O2S/c9-3-5(8-10)6-4-11-2-1-7-6/h3,6-7,10H,1-2,4H2. The van der Waals surface area contributed by atoms with Crippen molar-refractivity contribution in [3.63, 3.8) is 0 Å². The molecule has 1 aliphatic rings. The molecule has 62 valence electrons. The molecule has 1 heterocycles. The Morgan fingerprint density at radius 1 is 1.82 bits per heavy atom. The molecule has 0 spiro atoms. The van der Waals surface area contributed by atoms with E-state index in [0.717, 1.165) is 18.1 Å². The van der Waals surface area contributed by atoms with E-state index in [1.165, 1.54) is 0 Å². The van der Waals surface area contributed by atoms with Gasteiger partial charge in [0.2, 0.25) is 0 Å². The van der Waals surface area contributed by atoms with Gasteiger partial charge in [0.15, 0.2) is 6.29 Å². The molecular weight excluding hydrogens is 164 g/mol. The van der Waals surface area contributed by atoms with E-state index in [2.05, 4.69) is 10.5 Å². The minimum Gasteiger partial charge on any atom is -0.410 e. The van der Waals surface area contributed by atoms with E-state index >= 15 is 0 Å². The number of carbonyl (C=O) groups is 1. The maximum Gasteiger partial charge on any atom is 0.169 e. The first kappa shape index (κ1) is 8.55. The molecule has 0 amide bonds. The monoisotopic (exact) mass is 174 g/mol. The lowest BCUT2D eigenvalue weighted by molar-refractivity contribution is -0.103. The van der Waals surface area contributed by atoms with Crippen molar-refractivity contribution in [1.29, 1.82) is 0 Å². The van der Waals surface area contributed by atoms with Crippen LogP contribution in [-0.2, 0) is 4.79 Å². The van der Waals surface area contributed by atoms with Gasteiger partial charge in [-0.2, -0.15) is 11.8 Å². The zero-order valence-corrected chi connectivity index (χ0v) is 6.80. The molecule has 0 aliphatic carbocycles. The highest BCUT2D eigenvalue weighted by atomic mass is 32.2. The number of carbonyl (C=O) groups excluding carboxylic acids is 1. The third kappa shape index (κ3) is 2.20. The Kier molecular flexibility index (Phi) is 3.38. The lowest BCUT2D eigenvalue weighted by atomic mass is 10.2. The topological polar surface area (TPSA) is 61.7 Å². The second-order valence-electron chi connectivity index (χ2n) is 2.22. The molecule has 4 nitrogen and oxygen atoms in total. The van der Waals surface area contributed by atoms with Crippen molar-refractivity contribution in [1.82, 2.24) is 5.32 Å². The number of nitrogens with one attached hydrogen (secondary N) is 1. The van der Waals surface area contributed by atoms with Crippen LogP contribution in [0.25, 0.3) is 0 Å². The zero-order chi connectivity index (χ0) is 8.10. The summed E-state index contributed by atoms with van der Waals surface area (Å²) in [6, 6.07) is -0.0729. The number of hydrogen-bond donors (Lipinski definition) is 2. The molecule has 0 radical (unpaired) electrons. The van der Waals surface area contributed by atoms with Gasteiger partial charge in [-0.3, -0.25) is 4.79 Å². The molecular formula is C6H10N2O2S. The predicted octanol–water partition coefficient (Wildman–Crippen LogP) is -0.280. The molecule has 0 bridgehead atoms. The maximum atomic E-state index is 10.3. The second kappa shape index (κ2) is 4.35. The van der Waals surface area contributed by atoms with Crippen LogP contribution in [-0.4, -0.2) is 41.3 Å². The van der Waals surface area contributed by atoms with Crippen molar-refractivity contribution >= 4 is 23.8 Å². The maximum absolute atomic E-state index is 10.3. The van der Waals surface area contributed by atoms with Crippen LogP contribution in [0.5, 0.6) is 0 Å². The largest absolute Gasteiger partial charge is 0.410 e. The molecule has 1 rings (SSSR count). The summed E-state index contributed by atoms with van der Waals surface area (Å²) in [5, 5.41) is 14.4. The summed E-state index contributed by atoms with van der Waals surface area (Å²) < 4.78 is 0. The SMILES string of the molecule is O=CC(=NO)C1CSCCN1. The molecule has 11 heavy (non-hydrogen) atoms. The highest BCUT2D eigenvalue weighted by molar-refractivity contribution is 7.99. The Bertz CT molecular complexity index is 166. The van der Waals surface area contributed by atoms with Gasteiger partial charge in [-0.15, -0.1) is 0 Å². The van der Waals surface area contributed by atoms with Crippen molar-refractivity contribution in [3.8, 4) is 0 Å². The Morgan fingerprint density at radius 2 is 2.64 bits per heavy atom. The normalized spacial score (nSPS) is 26.5. The van der Waals surface area contributed by atoms with Gasteiger partial charge < -0.3 is 10.5 Å². The quantitative estimate of drug-likeness (QED) is 0.261. The molecule has 5 heteroatoms. The van der Waals surface area contributed by atoms with Gasteiger partial charge in [-0.05, 0) is 0 Å². The van der Waals surface area contributed by atoms with E-state index in [1.54, 1.807) is 11.8 Å². The van der Waals surface area contributed by atoms with E-state index in [-0.39, 0.29) is 11.8 Å². The van der Waals surface area contributed by atoms with Crippen molar-refractivity contribution in [2.75, 3.05) is 18.1 Å². The van der Waals surface area contributed by atoms with Gasteiger partial charge in [0.1, 0.15) is 5.71 Å². The fourth-order valence-corrected chi connectivity index (χ4v) is 1.88. The van der Waals surface area contributed by atoms with Gasteiger partial charge >= 0.3 is 0 Å². The molecule has 0 aromatic carbocycles. The van der Waals surface area contributed by atoms with E-state index in [1.807, 2.05) is 0 Å². The Morgan fingerprint density at radius 3 is 3.09 bits per heavy atom. The molecule has 2 N–H and O–H groups in total. The van der Waals surface area contributed by atoms with Crippen molar-refractivity contribution in [3.05, 3.63) is 0 Å². The Labute approximate surface area is 69.0 Å². The van der Waals surface area contributed by atoms with Gasteiger partial charge in [-0.1, -0.05) is 5.16 Å². The molecule has 1 fully saturated rings. The first-order chi connectivity index (χ1) is 5.38. The third-order valence-corrected chi connectivity index (χ3v) is 2.58. The highest BCUT2D eigenvalue weighted by Gasteiger charge is 2.18. The van der Waals surface area contributed by atoms with Gasteiger partial charge in [0.25, 0.3) is 0 Å². The molecule has 1 aliphatic heterocycles. The van der Waals surface area contributed by atoms with Crippen LogP contribution in [0.2, 0.25) is 0 Å². The van der Waals surface area contributed by atoms with Crippen LogP contribution in [0.3, 0.4) is 0 Å². The first-order valence-corrected chi connectivity index (χ1v) is 4.52. The number of aldehydes is 1. The fourth-order valence-electron chi connectivity index (χ4n) is 0.931. The van der Waals surface area contributed by atoms with E-state index in [9.17, 15) is 4.79 Å². The summed E-state index contributed by atoms with van der Waals surface area (Å²) >= 11 is 1.75. The number of nitrogens with zero attached hydrogens (tertiary/aromatic N) is 1. The van der Waals surface area contributed by atoms with E-state index in [0.29, 0.717) is 6.29 Å². The Hall–Kier alpha value is -0.550. The van der Waals surface area contributed by atoms with Crippen LogP contribution < -0.4 is 5.32 Å². The molecule has 1 atom stereocenters. The summed E-state index contributed by atoms with van der Waals surface area (Å²) in [5.41, 5.74) is 0.192. The molecule has 0 aromatic rings. The zero-order valence-electron chi connectivity index (χ0n) is 5.99. The van der Waals surface area contributed by atoms with Crippen LogP contribution in [0.1, 0.15) is 0 Å². The molecule has 1 saturated heterocycles. The molecule has 0 saturated carbocycles. The van der Waals surface area contributed by atoms with Crippen molar-refractivity contribution in [2.24, 2.45) is 5.16 Å². The van der Waals surface area contributed by atoms with Gasteiger partial charge in [-0.25, -0.2) is 0 Å². The number of thioether (sulfide) groups is 1. The minimum atomic E-state index is -0.0729. The lowest BCUT2D eigenvalue weighted by Crippen LogP contribution is -2.44. The summed E-state index contributed by atoms with van der Waals surface area (Å²) in [6.45, 7) is 0.863. The first-order valence-electron chi connectivity index (χ1n) is 3.36. The summed E-state index contributed by atoms with van der Waals surface area (Å²) in [6.07, 6.45) is 0.587. The highest BCUT2D eigenvalue weighted by Crippen LogP contribution is 2.07. The summed E-state index contributed by atoms with van der Waals surface area (Å²) in [5.74, 6) is 1.85. The second-order valence-corrected chi connectivity index (χ2v) is 3.37. The average Bonchev–Trinajstić information content (AvgIpc) is 2.09. The van der Waals surface area contributed by atoms with E-state index in [4.69, 9.17) is 5.21 Å². The van der Waals surface area contributed by atoms with E-state index < -0.39 is 0 Å². The predicted molar refractivity (Wildman–Crippen MR) is 44.4 cm³/mol. The smallest absolute Gasteiger partial charge is 0.169 e. The third-order valence-electron chi connectivity index (χ3n) is 1.51. The number of hydrogen-bond acceptors (Lipinski definition) is 5. The number of oxime groups is 1.